The van der Waals surface area contributed by atoms with E-state index < -0.39 is 0 Å². The monoisotopic (exact) mass is 375 g/mol. The van der Waals surface area contributed by atoms with Gasteiger partial charge in [0.25, 0.3) is 11.8 Å². The molecule has 1 heterocycles. The van der Waals surface area contributed by atoms with E-state index in [-0.39, 0.29) is 17.4 Å². The summed E-state index contributed by atoms with van der Waals surface area (Å²) in [6.45, 7) is 4.31. The van der Waals surface area contributed by atoms with Gasteiger partial charge in [0, 0.05) is 18.1 Å². The van der Waals surface area contributed by atoms with Gasteiger partial charge in [-0.3, -0.25) is 14.6 Å². The molecule has 0 bridgehead atoms. The highest BCUT2D eigenvalue weighted by Gasteiger charge is 2.13. The predicted molar refractivity (Wildman–Crippen MR) is 109 cm³/mol. The molecular formula is C22H21N3O3. The third-order valence-electron chi connectivity index (χ3n) is 3.97. The van der Waals surface area contributed by atoms with Crippen LogP contribution < -0.4 is 15.4 Å². The number of aryl methyl sites for hydroxylation is 1. The fourth-order valence-electron chi connectivity index (χ4n) is 2.66. The molecule has 0 spiro atoms. The fraction of sp³-hybridized carbons (Fsp3) is 0.136. The fourth-order valence-corrected chi connectivity index (χ4v) is 2.66. The molecule has 0 atom stereocenters. The van der Waals surface area contributed by atoms with Crippen molar-refractivity contribution in [2.24, 2.45) is 0 Å². The van der Waals surface area contributed by atoms with Crippen molar-refractivity contribution < 1.29 is 14.3 Å². The molecule has 0 aliphatic heterocycles. The molecule has 0 saturated heterocycles. The minimum absolute atomic E-state index is 0.281. The molecule has 2 N–H and O–H groups in total. The van der Waals surface area contributed by atoms with Crippen molar-refractivity contribution >= 4 is 23.2 Å². The first-order valence-electron chi connectivity index (χ1n) is 8.93. The smallest absolute Gasteiger partial charge is 0.257 e. The standard InChI is InChI=1S/C22H21N3O3/c1-3-28-20-10-5-4-9-19(20)25-22(27)17-12-16(13-23-14-17)21(26)24-18-8-6-7-15(2)11-18/h4-14H,3H2,1-2H3,(H,24,26)(H,25,27). The molecule has 0 saturated carbocycles. The van der Waals surface area contributed by atoms with E-state index in [9.17, 15) is 9.59 Å². The quantitative estimate of drug-likeness (QED) is 0.673. The Kier molecular flexibility index (Phi) is 6.01. The number of hydrogen-bond donors (Lipinski definition) is 2. The van der Waals surface area contributed by atoms with Crippen LogP contribution >= 0.6 is 0 Å². The molecule has 0 aliphatic rings. The lowest BCUT2D eigenvalue weighted by atomic mass is 10.1. The second-order valence-electron chi connectivity index (χ2n) is 6.17. The first-order chi connectivity index (χ1) is 13.6. The molecule has 6 heteroatoms. The van der Waals surface area contributed by atoms with Gasteiger partial charge in [0.15, 0.2) is 0 Å². The Labute approximate surface area is 163 Å². The van der Waals surface area contributed by atoms with Crippen LogP contribution in [0.5, 0.6) is 5.75 Å². The van der Waals surface area contributed by atoms with Crippen LogP contribution in [0.15, 0.2) is 67.0 Å². The summed E-state index contributed by atoms with van der Waals surface area (Å²) in [4.78, 5) is 29.1. The van der Waals surface area contributed by atoms with E-state index in [0.717, 1.165) is 5.56 Å². The summed E-state index contributed by atoms with van der Waals surface area (Å²) in [5.41, 5.74) is 2.86. The summed E-state index contributed by atoms with van der Waals surface area (Å²) in [6.07, 6.45) is 2.85. The number of nitrogens with zero attached hydrogens (tertiary/aromatic N) is 1. The third kappa shape index (κ3) is 4.73. The molecule has 3 rings (SSSR count). The van der Waals surface area contributed by atoms with Crippen molar-refractivity contribution in [3.05, 3.63) is 83.7 Å². The van der Waals surface area contributed by atoms with Crippen LogP contribution in [-0.2, 0) is 0 Å². The van der Waals surface area contributed by atoms with Gasteiger partial charge in [-0.05, 0) is 49.7 Å². The highest BCUT2D eigenvalue weighted by molar-refractivity contribution is 6.08. The van der Waals surface area contributed by atoms with E-state index >= 15 is 0 Å². The number of para-hydroxylation sites is 2. The van der Waals surface area contributed by atoms with Gasteiger partial charge in [-0.2, -0.15) is 0 Å². The number of rotatable bonds is 6. The van der Waals surface area contributed by atoms with Crippen LogP contribution in [-0.4, -0.2) is 23.4 Å². The van der Waals surface area contributed by atoms with Gasteiger partial charge in [-0.15, -0.1) is 0 Å². The zero-order chi connectivity index (χ0) is 19.9. The second kappa shape index (κ2) is 8.81. The molecule has 0 radical (unpaired) electrons. The van der Waals surface area contributed by atoms with E-state index in [2.05, 4.69) is 15.6 Å². The number of anilines is 2. The summed E-state index contributed by atoms with van der Waals surface area (Å²) in [7, 11) is 0. The number of carbonyl (C=O) groups is 2. The SMILES string of the molecule is CCOc1ccccc1NC(=O)c1cncc(C(=O)Nc2cccc(C)c2)c1. The predicted octanol–water partition coefficient (Wildman–Crippen LogP) is 4.29. The van der Waals surface area contributed by atoms with E-state index in [0.29, 0.717) is 29.3 Å². The number of aromatic nitrogens is 1. The van der Waals surface area contributed by atoms with Crippen molar-refractivity contribution in [1.82, 2.24) is 4.98 Å². The summed E-state index contributed by atoms with van der Waals surface area (Å²) >= 11 is 0. The summed E-state index contributed by atoms with van der Waals surface area (Å²) in [5.74, 6) is -0.119. The lowest BCUT2D eigenvalue weighted by molar-refractivity contribution is 0.102. The van der Waals surface area contributed by atoms with Crippen LogP contribution in [0.25, 0.3) is 0 Å². The number of ether oxygens (including phenoxy) is 1. The molecule has 0 unspecified atom stereocenters. The van der Waals surface area contributed by atoms with Crippen molar-refractivity contribution in [2.75, 3.05) is 17.2 Å². The average Bonchev–Trinajstić information content (AvgIpc) is 2.70. The highest BCUT2D eigenvalue weighted by atomic mass is 16.5. The molecule has 28 heavy (non-hydrogen) atoms. The molecule has 2 amide bonds. The Morgan fingerprint density at radius 3 is 2.36 bits per heavy atom. The Bertz CT molecular complexity index is 1000. The van der Waals surface area contributed by atoms with Gasteiger partial charge < -0.3 is 15.4 Å². The number of carbonyl (C=O) groups excluding carboxylic acids is 2. The van der Waals surface area contributed by atoms with Crippen LogP contribution in [0, 0.1) is 6.92 Å². The maximum absolute atomic E-state index is 12.6. The van der Waals surface area contributed by atoms with Crippen molar-refractivity contribution in [1.29, 1.82) is 0 Å². The van der Waals surface area contributed by atoms with Crippen LogP contribution in [0.4, 0.5) is 11.4 Å². The largest absolute Gasteiger partial charge is 0.492 e. The molecule has 6 nitrogen and oxygen atoms in total. The lowest BCUT2D eigenvalue weighted by Crippen LogP contribution is -2.16. The molecule has 0 aliphatic carbocycles. The Morgan fingerprint density at radius 1 is 0.929 bits per heavy atom. The van der Waals surface area contributed by atoms with Gasteiger partial charge >= 0.3 is 0 Å². The summed E-state index contributed by atoms with van der Waals surface area (Å²) in [5, 5.41) is 5.61. The third-order valence-corrected chi connectivity index (χ3v) is 3.97. The van der Waals surface area contributed by atoms with Crippen molar-refractivity contribution in [3.63, 3.8) is 0 Å². The van der Waals surface area contributed by atoms with Gasteiger partial charge in [0.05, 0.1) is 23.4 Å². The summed E-state index contributed by atoms with van der Waals surface area (Å²) in [6, 6.07) is 16.2. The minimum atomic E-state index is -0.371. The summed E-state index contributed by atoms with van der Waals surface area (Å²) < 4.78 is 5.52. The average molecular weight is 375 g/mol. The van der Waals surface area contributed by atoms with Gasteiger partial charge in [-0.1, -0.05) is 24.3 Å². The number of hydrogen-bond acceptors (Lipinski definition) is 4. The van der Waals surface area contributed by atoms with Crippen LogP contribution in [0.1, 0.15) is 33.2 Å². The molecular weight excluding hydrogens is 354 g/mol. The number of amides is 2. The Morgan fingerprint density at radius 2 is 1.64 bits per heavy atom. The van der Waals surface area contributed by atoms with Crippen molar-refractivity contribution in [3.8, 4) is 5.75 Å². The van der Waals surface area contributed by atoms with Gasteiger partial charge in [-0.25, -0.2) is 0 Å². The Hall–Kier alpha value is -3.67. The molecule has 1 aromatic heterocycles. The zero-order valence-corrected chi connectivity index (χ0v) is 15.7. The van der Waals surface area contributed by atoms with E-state index in [1.54, 1.807) is 18.2 Å². The van der Waals surface area contributed by atoms with Crippen molar-refractivity contribution in [2.45, 2.75) is 13.8 Å². The van der Waals surface area contributed by atoms with E-state index in [1.807, 2.05) is 44.2 Å². The lowest BCUT2D eigenvalue weighted by Gasteiger charge is -2.11. The van der Waals surface area contributed by atoms with Crippen LogP contribution in [0.2, 0.25) is 0 Å². The molecule has 0 fully saturated rings. The van der Waals surface area contributed by atoms with E-state index in [1.165, 1.54) is 18.5 Å². The first kappa shape index (κ1) is 19.1. The molecule has 2 aromatic carbocycles. The number of nitrogens with one attached hydrogen (secondary N) is 2. The van der Waals surface area contributed by atoms with E-state index in [4.69, 9.17) is 4.74 Å². The Balaban J connectivity index is 1.75. The second-order valence-corrected chi connectivity index (χ2v) is 6.17. The minimum Gasteiger partial charge on any atom is -0.492 e. The topological polar surface area (TPSA) is 80.3 Å². The maximum Gasteiger partial charge on any atom is 0.257 e. The maximum atomic E-state index is 12.6. The van der Waals surface area contributed by atoms with Gasteiger partial charge in [0.2, 0.25) is 0 Å². The molecule has 142 valence electrons. The zero-order valence-electron chi connectivity index (χ0n) is 15.7. The first-order valence-corrected chi connectivity index (χ1v) is 8.93. The highest BCUT2D eigenvalue weighted by Crippen LogP contribution is 2.24. The number of pyridine rings is 1. The van der Waals surface area contributed by atoms with Gasteiger partial charge in [0.1, 0.15) is 5.75 Å². The normalized spacial score (nSPS) is 10.2. The van der Waals surface area contributed by atoms with Crippen LogP contribution in [0.3, 0.4) is 0 Å². The number of benzene rings is 2. The molecule has 3 aromatic rings.